The zero-order valence-corrected chi connectivity index (χ0v) is 15.6. The zero-order valence-electron chi connectivity index (χ0n) is 13.2. The van der Waals surface area contributed by atoms with Gasteiger partial charge in [0, 0.05) is 39.0 Å². The molecule has 0 aliphatic carbocycles. The number of halogens is 1. The summed E-state index contributed by atoms with van der Waals surface area (Å²) in [5, 5.41) is 13.5. The topological polar surface area (TPSA) is 74.3 Å². The van der Waals surface area contributed by atoms with Crippen LogP contribution < -0.4 is 10.6 Å². The molecule has 0 aliphatic heterocycles. The first-order valence-corrected chi connectivity index (χ1v) is 7.28. The molecule has 0 fully saturated rings. The molecule has 0 aromatic carbocycles. The molecule has 1 heterocycles. The number of ether oxygens (including phenoxy) is 1. The van der Waals surface area contributed by atoms with Crippen molar-refractivity contribution in [2.24, 2.45) is 4.99 Å². The fourth-order valence-corrected chi connectivity index (χ4v) is 1.85. The van der Waals surface area contributed by atoms with Crippen molar-refractivity contribution in [3.05, 3.63) is 17.5 Å². The Kier molecular flexibility index (Phi) is 12.4. The summed E-state index contributed by atoms with van der Waals surface area (Å²) < 4.78 is 5.03. The number of guanidine groups is 1. The van der Waals surface area contributed by atoms with E-state index in [9.17, 15) is 0 Å². The van der Waals surface area contributed by atoms with Crippen LogP contribution in [0.25, 0.3) is 0 Å². The van der Waals surface area contributed by atoms with Gasteiger partial charge in [0.1, 0.15) is 0 Å². The Balaban J connectivity index is 0.00000400. The van der Waals surface area contributed by atoms with E-state index in [1.54, 1.807) is 7.11 Å². The van der Waals surface area contributed by atoms with Gasteiger partial charge in [-0.15, -0.1) is 24.0 Å². The fraction of sp³-hybridized carbons (Fsp3) is 0.714. The predicted molar refractivity (Wildman–Crippen MR) is 97.5 cm³/mol. The van der Waals surface area contributed by atoms with Crippen LogP contribution in [0, 0.1) is 6.92 Å². The molecule has 0 aliphatic rings. The number of nitrogens with zero attached hydrogens (tertiary/aromatic N) is 2. The first-order valence-electron chi connectivity index (χ1n) is 7.28. The number of H-pyrrole nitrogens is 1. The van der Waals surface area contributed by atoms with Crippen molar-refractivity contribution in [1.29, 1.82) is 0 Å². The van der Waals surface area contributed by atoms with Gasteiger partial charge in [-0.3, -0.25) is 10.1 Å². The molecule has 0 unspecified atom stereocenters. The van der Waals surface area contributed by atoms with E-state index >= 15 is 0 Å². The summed E-state index contributed by atoms with van der Waals surface area (Å²) in [4.78, 5) is 4.56. The lowest BCUT2D eigenvalue weighted by molar-refractivity contribution is 0.195. The molecule has 0 saturated carbocycles. The number of methoxy groups -OCH3 is 1. The van der Waals surface area contributed by atoms with E-state index in [-0.39, 0.29) is 24.0 Å². The highest BCUT2D eigenvalue weighted by Crippen LogP contribution is 2.05. The molecular formula is C14H28IN5O. The van der Waals surface area contributed by atoms with Crippen LogP contribution in [0.15, 0.2) is 11.2 Å². The molecule has 0 spiro atoms. The fourth-order valence-electron chi connectivity index (χ4n) is 1.85. The third kappa shape index (κ3) is 8.92. The van der Waals surface area contributed by atoms with Gasteiger partial charge in [-0.05, 0) is 38.7 Å². The molecular weight excluding hydrogens is 381 g/mol. The van der Waals surface area contributed by atoms with Gasteiger partial charge in [0.05, 0.1) is 6.20 Å². The number of aliphatic imine (C=N–C) groups is 1. The Morgan fingerprint density at radius 3 is 2.81 bits per heavy atom. The molecule has 7 heteroatoms. The van der Waals surface area contributed by atoms with Crippen molar-refractivity contribution in [1.82, 2.24) is 20.8 Å². The molecule has 0 atom stereocenters. The Hall–Kier alpha value is -0.830. The predicted octanol–water partition coefficient (Wildman–Crippen LogP) is 1.86. The van der Waals surface area contributed by atoms with E-state index in [2.05, 4.69) is 32.7 Å². The second-order valence-corrected chi connectivity index (χ2v) is 4.66. The Morgan fingerprint density at radius 2 is 2.19 bits per heavy atom. The molecule has 122 valence electrons. The quantitative estimate of drug-likeness (QED) is 0.252. The molecule has 0 amide bonds. The smallest absolute Gasteiger partial charge is 0.191 e. The van der Waals surface area contributed by atoms with Crippen LogP contribution >= 0.6 is 24.0 Å². The Morgan fingerprint density at radius 1 is 1.38 bits per heavy atom. The lowest BCUT2D eigenvalue weighted by atomic mass is 10.1. The second-order valence-electron chi connectivity index (χ2n) is 4.66. The lowest BCUT2D eigenvalue weighted by Crippen LogP contribution is -2.38. The standard InChI is InChI=1S/C14H27N5O.HI/c1-4-15-14(17-9-6-10-20-3)16-8-5-7-13-11-18-19-12(13)2;/h11H,4-10H2,1-3H3,(H,18,19)(H2,15,16,17);1H. The van der Waals surface area contributed by atoms with Crippen LogP contribution in [0.2, 0.25) is 0 Å². The van der Waals surface area contributed by atoms with Crippen molar-refractivity contribution in [3.63, 3.8) is 0 Å². The van der Waals surface area contributed by atoms with Gasteiger partial charge in [0.2, 0.25) is 0 Å². The van der Waals surface area contributed by atoms with Crippen LogP contribution in [-0.2, 0) is 11.2 Å². The van der Waals surface area contributed by atoms with Gasteiger partial charge in [0.25, 0.3) is 0 Å². The van der Waals surface area contributed by atoms with Crippen molar-refractivity contribution in [2.45, 2.75) is 33.1 Å². The van der Waals surface area contributed by atoms with Crippen LogP contribution in [0.4, 0.5) is 0 Å². The summed E-state index contributed by atoms with van der Waals surface area (Å²) in [5.74, 6) is 0.882. The largest absolute Gasteiger partial charge is 0.385 e. The summed E-state index contributed by atoms with van der Waals surface area (Å²) >= 11 is 0. The zero-order chi connectivity index (χ0) is 14.6. The number of nitrogens with one attached hydrogen (secondary N) is 3. The van der Waals surface area contributed by atoms with Crippen LogP contribution in [0.5, 0.6) is 0 Å². The van der Waals surface area contributed by atoms with Gasteiger partial charge in [-0.1, -0.05) is 0 Å². The summed E-state index contributed by atoms with van der Waals surface area (Å²) in [7, 11) is 1.72. The lowest BCUT2D eigenvalue weighted by Gasteiger charge is -2.10. The maximum Gasteiger partial charge on any atom is 0.191 e. The van der Waals surface area contributed by atoms with Gasteiger partial charge >= 0.3 is 0 Å². The van der Waals surface area contributed by atoms with Gasteiger partial charge < -0.3 is 15.4 Å². The van der Waals surface area contributed by atoms with Crippen molar-refractivity contribution >= 4 is 29.9 Å². The molecule has 0 saturated heterocycles. The maximum atomic E-state index is 5.03. The third-order valence-electron chi connectivity index (χ3n) is 2.97. The minimum Gasteiger partial charge on any atom is -0.385 e. The summed E-state index contributed by atoms with van der Waals surface area (Å²) in [6, 6.07) is 0. The average molecular weight is 409 g/mol. The number of hydrogen-bond acceptors (Lipinski definition) is 3. The average Bonchev–Trinajstić information content (AvgIpc) is 2.85. The SMILES string of the molecule is CCNC(=NCCCc1cn[nH]c1C)NCCCOC.I. The molecule has 1 aromatic rings. The van der Waals surface area contributed by atoms with E-state index in [4.69, 9.17) is 4.74 Å². The number of aromatic amines is 1. The minimum absolute atomic E-state index is 0. The van der Waals surface area contributed by atoms with Crippen molar-refractivity contribution in [3.8, 4) is 0 Å². The van der Waals surface area contributed by atoms with Gasteiger partial charge in [0.15, 0.2) is 5.96 Å². The molecule has 1 aromatic heterocycles. The third-order valence-corrected chi connectivity index (χ3v) is 2.97. The molecule has 0 radical (unpaired) electrons. The van der Waals surface area contributed by atoms with E-state index in [0.29, 0.717) is 0 Å². The molecule has 6 nitrogen and oxygen atoms in total. The van der Waals surface area contributed by atoms with Crippen LogP contribution in [0.1, 0.15) is 31.0 Å². The van der Waals surface area contributed by atoms with E-state index < -0.39 is 0 Å². The number of aromatic nitrogens is 2. The minimum atomic E-state index is 0. The Labute approximate surface area is 144 Å². The van der Waals surface area contributed by atoms with Crippen LogP contribution in [0.3, 0.4) is 0 Å². The highest BCUT2D eigenvalue weighted by Gasteiger charge is 2.00. The van der Waals surface area contributed by atoms with Gasteiger partial charge in [-0.2, -0.15) is 5.10 Å². The van der Waals surface area contributed by atoms with Gasteiger partial charge in [-0.25, -0.2) is 0 Å². The second kappa shape index (κ2) is 12.9. The summed E-state index contributed by atoms with van der Waals surface area (Å²) in [5.41, 5.74) is 2.43. The Bertz CT molecular complexity index is 394. The van der Waals surface area contributed by atoms with Crippen molar-refractivity contribution < 1.29 is 4.74 Å². The number of rotatable bonds is 9. The highest BCUT2D eigenvalue weighted by atomic mass is 127. The number of aryl methyl sites for hydroxylation is 2. The summed E-state index contributed by atoms with van der Waals surface area (Å²) in [6.07, 6.45) is 4.91. The highest BCUT2D eigenvalue weighted by molar-refractivity contribution is 14.0. The van der Waals surface area contributed by atoms with Crippen LogP contribution in [-0.4, -0.2) is 49.5 Å². The monoisotopic (exact) mass is 409 g/mol. The molecule has 3 N–H and O–H groups in total. The number of hydrogen-bond donors (Lipinski definition) is 3. The normalized spacial score (nSPS) is 11.1. The maximum absolute atomic E-state index is 5.03. The molecule has 1 rings (SSSR count). The first-order chi connectivity index (χ1) is 9.77. The van der Waals surface area contributed by atoms with Crippen molar-refractivity contribution in [2.75, 3.05) is 33.4 Å². The molecule has 21 heavy (non-hydrogen) atoms. The van der Waals surface area contributed by atoms with E-state index in [0.717, 1.165) is 57.2 Å². The molecule has 0 bridgehead atoms. The summed E-state index contributed by atoms with van der Waals surface area (Å²) in [6.45, 7) is 7.45. The van der Waals surface area contributed by atoms with E-state index in [1.165, 1.54) is 5.56 Å². The van der Waals surface area contributed by atoms with E-state index in [1.807, 2.05) is 13.1 Å². The first kappa shape index (κ1) is 20.2.